The van der Waals surface area contributed by atoms with Crippen LogP contribution in [0.2, 0.25) is 0 Å². The van der Waals surface area contributed by atoms with Gasteiger partial charge in [-0.3, -0.25) is 14.2 Å². The summed E-state index contributed by atoms with van der Waals surface area (Å²) in [6.07, 6.45) is 18.8. The highest BCUT2D eigenvalue weighted by molar-refractivity contribution is 9.11. The Balaban J connectivity index is 0.000000145. The zero-order chi connectivity index (χ0) is 73.6. The van der Waals surface area contributed by atoms with Gasteiger partial charge in [0.2, 0.25) is 17.8 Å². The van der Waals surface area contributed by atoms with Crippen molar-refractivity contribution in [3.05, 3.63) is 204 Å². The maximum Gasteiger partial charge on any atom is 0.498 e. The van der Waals surface area contributed by atoms with E-state index in [1.165, 1.54) is 0 Å². The molecule has 13 aromatic rings. The number of fused-ring (bicyclic) bond motifs is 2. The molecule has 1 fully saturated rings. The fourth-order valence-electron chi connectivity index (χ4n) is 11.2. The Bertz CT molecular complexity index is 5050. The average molecular weight is 1500 g/mol. The van der Waals surface area contributed by atoms with Gasteiger partial charge >= 0.3 is 7.12 Å². The van der Waals surface area contributed by atoms with Crippen LogP contribution in [0.4, 0.5) is 29.2 Å². The van der Waals surface area contributed by atoms with Crippen molar-refractivity contribution in [2.45, 2.75) is 118 Å². The largest absolute Gasteiger partial charge is 0.498 e. The molecule has 9 N–H and O–H groups in total. The minimum atomic E-state index is -0.302. The van der Waals surface area contributed by atoms with E-state index in [-0.39, 0.29) is 52.8 Å². The lowest BCUT2D eigenvalue weighted by Crippen LogP contribution is -2.41. The molecule has 524 valence electrons. The van der Waals surface area contributed by atoms with E-state index in [4.69, 9.17) is 42.2 Å². The first-order chi connectivity index (χ1) is 48.2. The van der Waals surface area contributed by atoms with Crippen LogP contribution in [-0.4, -0.2) is 98.7 Å². The summed E-state index contributed by atoms with van der Waals surface area (Å²) in [5, 5.41) is 11.8. The molecular formula is C77H86BBr2N19O3. The molecule has 0 amide bonds. The number of rotatable bonds is 9. The van der Waals surface area contributed by atoms with Crippen molar-refractivity contribution < 1.29 is 14.1 Å². The summed E-state index contributed by atoms with van der Waals surface area (Å²) in [5.74, 6) is 2.67. The fraction of sp³-hybridized carbons (Fsp3) is 0.260. The van der Waals surface area contributed by atoms with E-state index < -0.39 is 0 Å². The Morgan fingerprint density at radius 3 is 1.28 bits per heavy atom. The van der Waals surface area contributed by atoms with Gasteiger partial charge in [-0.1, -0.05) is 111 Å². The second-order valence-corrected chi connectivity index (χ2v) is 30.3. The van der Waals surface area contributed by atoms with Gasteiger partial charge in [0, 0.05) is 140 Å². The maximum atomic E-state index is 10.2. The van der Waals surface area contributed by atoms with Crippen molar-refractivity contribution in [1.82, 2.24) is 68.6 Å². The number of aromatic nitrogens is 14. The number of imidazole rings is 2. The van der Waals surface area contributed by atoms with E-state index in [0.29, 0.717) is 11.3 Å². The van der Waals surface area contributed by atoms with Gasteiger partial charge in [-0.05, 0) is 161 Å². The molecule has 1 aliphatic heterocycles. The van der Waals surface area contributed by atoms with Crippen LogP contribution in [0.25, 0.3) is 89.4 Å². The van der Waals surface area contributed by atoms with Gasteiger partial charge in [0.05, 0.1) is 50.8 Å². The molecule has 0 radical (unpaired) electrons. The van der Waals surface area contributed by atoms with Gasteiger partial charge in [0.15, 0.2) is 6.29 Å². The number of benzene rings is 6. The number of nitrogens with zero attached hydrogens (tertiary/aromatic N) is 14. The van der Waals surface area contributed by atoms with Crippen LogP contribution in [0.5, 0.6) is 0 Å². The molecule has 0 unspecified atom stereocenters. The highest BCUT2D eigenvalue weighted by Gasteiger charge is 2.52. The molecule has 1 saturated heterocycles. The van der Waals surface area contributed by atoms with Crippen molar-refractivity contribution in [3.8, 4) is 67.3 Å². The summed E-state index contributed by atoms with van der Waals surface area (Å²) < 4.78 is 21.8. The summed E-state index contributed by atoms with van der Waals surface area (Å²) >= 11 is 6.89. The standard InChI is InChI=1S/C25H25N7.C21H20BrN5.C14H19N5.C10H17BN2O2.C7H5BrO/c1-25(2,3)32-22-10-9-16(17-12-27-24(26)28-13-17)11-21(22)30-23(32)20-8-6-5-7-19(20)18-14-29-31(4)15-18;1-21(2,3)27-18-9-8-13(14-11-24-20(23)25-12-14)10-17(18)26-19(27)15-6-4-5-7-16(15)22;1-14(2,3)19-12-5-4-9(6-11(12)15)10-7-17-13(16)18-8-10;1-9(2)10(3,4)15-11(14-9)8-6-12-13(5)7-8;8-7-4-2-1-3-6(7)5-9/h5-15H,1-4H3,(H2,26,27,28);4-12H,1-3H3,(H2,23,24,25);4-8,19H,15H2,1-3H3,(H2,16,17,18);6-7H,1-5H3;1-5H. The fourth-order valence-corrected chi connectivity index (χ4v) is 12.0. The van der Waals surface area contributed by atoms with E-state index in [0.717, 1.165) is 116 Å². The third-order valence-corrected chi connectivity index (χ3v) is 18.2. The number of hydrogen-bond donors (Lipinski definition) is 5. The van der Waals surface area contributed by atoms with Crippen LogP contribution in [0.1, 0.15) is 100 Å². The number of carbonyl (C=O) groups is 1. The first-order valence-electron chi connectivity index (χ1n) is 33.0. The summed E-state index contributed by atoms with van der Waals surface area (Å²) in [7, 11) is 3.51. The average Bonchev–Trinajstić information content (AvgIpc) is 1.60. The van der Waals surface area contributed by atoms with Crippen molar-refractivity contribution in [1.29, 1.82) is 0 Å². The Hall–Kier alpha value is -10.5. The number of carbonyl (C=O) groups excluding carboxylic acids is 1. The molecule has 6 aromatic carbocycles. The van der Waals surface area contributed by atoms with Gasteiger partial charge in [-0.25, -0.2) is 39.9 Å². The van der Waals surface area contributed by atoms with Gasteiger partial charge in [-0.2, -0.15) is 10.2 Å². The number of anilines is 5. The lowest BCUT2D eigenvalue weighted by Gasteiger charge is -2.32. The van der Waals surface area contributed by atoms with Crippen LogP contribution < -0.4 is 33.7 Å². The minimum absolute atomic E-state index is 0.0278. The molecule has 22 nitrogen and oxygen atoms in total. The summed E-state index contributed by atoms with van der Waals surface area (Å²) in [4.78, 5) is 44.7. The zero-order valence-corrected chi connectivity index (χ0v) is 63.3. The highest BCUT2D eigenvalue weighted by Crippen LogP contribution is 2.40. The van der Waals surface area contributed by atoms with Crippen molar-refractivity contribution in [2.24, 2.45) is 14.1 Å². The number of aldehydes is 1. The number of nitrogens with two attached hydrogens (primary N) is 4. The number of aryl methyl sites for hydroxylation is 2. The molecule has 1 aliphatic rings. The van der Waals surface area contributed by atoms with E-state index >= 15 is 0 Å². The SMILES string of the molecule is CC(C)(C)Nc1ccc(-c2cnc(N)nc2)cc1N.CC(C)(C)n1c(-c2ccccc2Br)nc2cc(-c3cnc(N)nc3)ccc21.Cn1cc(-c2ccccc2-c2nc3cc(-c4cnc(N)nc4)ccc3n2C(C)(C)C)cn1.Cn1cc(B2OC(C)(C)C(C)(C)O2)cn1.O=Cc1ccccc1Br. The Morgan fingerprint density at radius 1 is 0.471 bits per heavy atom. The van der Waals surface area contributed by atoms with E-state index in [1.807, 2.05) is 120 Å². The van der Waals surface area contributed by atoms with Crippen molar-refractivity contribution in [3.63, 3.8) is 0 Å². The predicted molar refractivity (Wildman–Crippen MR) is 419 cm³/mol. The number of nitrogen functional groups attached to an aromatic ring is 4. The third kappa shape index (κ3) is 17.6. The Labute approximate surface area is 612 Å². The van der Waals surface area contributed by atoms with E-state index in [1.54, 1.807) is 54.1 Å². The van der Waals surface area contributed by atoms with Gasteiger partial charge in [-0.15, -0.1) is 0 Å². The molecule has 0 atom stereocenters. The quantitative estimate of drug-likeness (QED) is 0.0509. The smallest absolute Gasteiger partial charge is 0.399 e. The molecule has 7 aromatic heterocycles. The lowest BCUT2D eigenvalue weighted by atomic mass is 9.82. The highest BCUT2D eigenvalue weighted by atomic mass is 79.9. The van der Waals surface area contributed by atoms with Gasteiger partial charge in [0.25, 0.3) is 0 Å². The van der Waals surface area contributed by atoms with Crippen LogP contribution in [0.15, 0.2) is 198 Å². The Kier molecular flexibility index (Phi) is 22.1. The number of hydrogen-bond acceptors (Lipinski definition) is 18. The number of halogens is 2. The van der Waals surface area contributed by atoms with Crippen molar-refractivity contribution in [2.75, 3.05) is 28.3 Å². The van der Waals surface area contributed by atoms with Crippen LogP contribution in [-0.2, 0) is 34.5 Å². The lowest BCUT2D eigenvalue weighted by molar-refractivity contribution is 0.00578. The third-order valence-electron chi connectivity index (χ3n) is 16.8. The Morgan fingerprint density at radius 2 is 0.882 bits per heavy atom. The first kappa shape index (κ1) is 74.2. The normalized spacial score (nSPS) is 13.2. The molecule has 102 heavy (non-hydrogen) atoms. The first-order valence-corrected chi connectivity index (χ1v) is 34.6. The van der Waals surface area contributed by atoms with Gasteiger partial charge < -0.3 is 46.7 Å². The molecule has 0 saturated carbocycles. The summed E-state index contributed by atoms with van der Waals surface area (Å²) in [6.45, 7) is 27.6. The van der Waals surface area contributed by atoms with E-state index in [2.05, 4.69) is 215 Å². The molecule has 0 spiro atoms. The van der Waals surface area contributed by atoms with Crippen LogP contribution in [0, 0.1) is 0 Å². The second-order valence-electron chi connectivity index (χ2n) is 28.6. The number of nitrogens with one attached hydrogen (secondary N) is 1. The zero-order valence-electron chi connectivity index (χ0n) is 60.1. The topological polar surface area (TPSA) is 300 Å². The molecule has 25 heteroatoms. The van der Waals surface area contributed by atoms with Crippen LogP contribution in [0.3, 0.4) is 0 Å². The summed E-state index contributed by atoms with van der Waals surface area (Å²) in [5.41, 5.74) is 39.2. The molecule has 8 heterocycles. The molecule has 14 rings (SSSR count). The minimum Gasteiger partial charge on any atom is -0.399 e. The molecule has 0 aliphatic carbocycles. The van der Waals surface area contributed by atoms with Crippen LogP contribution >= 0.6 is 31.9 Å². The molecular weight excluding hydrogens is 1410 g/mol. The molecule has 0 bridgehead atoms. The van der Waals surface area contributed by atoms with Gasteiger partial charge in [0.1, 0.15) is 11.6 Å². The predicted octanol–water partition coefficient (Wildman–Crippen LogP) is 15.7. The monoisotopic (exact) mass is 1490 g/mol. The summed E-state index contributed by atoms with van der Waals surface area (Å²) in [6, 6.07) is 42.2. The van der Waals surface area contributed by atoms with E-state index in [9.17, 15) is 4.79 Å². The maximum absolute atomic E-state index is 10.2. The second kappa shape index (κ2) is 30.4. The van der Waals surface area contributed by atoms with Crippen molar-refractivity contribution >= 4 is 102 Å².